The number of rotatable bonds is 3. The molecule has 0 aromatic heterocycles. The van der Waals surface area contributed by atoms with Gasteiger partial charge in [0.15, 0.2) is 0 Å². The van der Waals surface area contributed by atoms with E-state index in [2.05, 4.69) is 20.7 Å². The van der Waals surface area contributed by atoms with Crippen molar-refractivity contribution >= 4 is 43.2 Å². The van der Waals surface area contributed by atoms with Crippen molar-refractivity contribution in [2.75, 3.05) is 4.72 Å². The molecule has 0 radical (unpaired) electrons. The van der Waals surface area contributed by atoms with Crippen LogP contribution in [-0.2, 0) is 10.0 Å². The van der Waals surface area contributed by atoms with Crippen LogP contribution in [0.2, 0.25) is 5.02 Å². The monoisotopic (exact) mass is 345 g/mol. The number of benzene rings is 2. The first kappa shape index (κ1) is 13.4. The Balaban J connectivity index is 2.37. The van der Waals surface area contributed by atoms with Gasteiger partial charge in [0.05, 0.1) is 15.6 Å². The Morgan fingerprint density at radius 2 is 1.78 bits per heavy atom. The molecule has 18 heavy (non-hydrogen) atoms. The van der Waals surface area contributed by atoms with Crippen LogP contribution in [0, 0.1) is 0 Å². The normalized spacial score (nSPS) is 11.2. The number of halogens is 2. The number of hydrogen-bond acceptors (Lipinski definition) is 2. The number of para-hydroxylation sites is 1. The highest BCUT2D eigenvalue weighted by Gasteiger charge is 2.15. The molecule has 0 saturated carbocycles. The van der Waals surface area contributed by atoms with E-state index in [1.165, 1.54) is 12.1 Å². The van der Waals surface area contributed by atoms with Crippen LogP contribution in [0.25, 0.3) is 0 Å². The van der Waals surface area contributed by atoms with Crippen LogP contribution in [0.15, 0.2) is 57.9 Å². The molecule has 94 valence electrons. The van der Waals surface area contributed by atoms with Gasteiger partial charge in [-0.15, -0.1) is 0 Å². The molecule has 0 unspecified atom stereocenters. The maximum atomic E-state index is 12.1. The van der Waals surface area contributed by atoms with Crippen LogP contribution in [0.1, 0.15) is 0 Å². The van der Waals surface area contributed by atoms with Crippen LogP contribution in [0.3, 0.4) is 0 Å². The quantitative estimate of drug-likeness (QED) is 0.916. The van der Waals surface area contributed by atoms with E-state index in [4.69, 9.17) is 11.6 Å². The Bertz CT molecular complexity index is 673. The minimum atomic E-state index is -3.62. The first-order valence-corrected chi connectivity index (χ1v) is 7.67. The number of nitrogens with one attached hydrogen (secondary N) is 1. The molecule has 0 aliphatic heterocycles. The summed E-state index contributed by atoms with van der Waals surface area (Å²) in [5.74, 6) is 0. The van der Waals surface area contributed by atoms with E-state index in [1.807, 2.05) is 0 Å². The van der Waals surface area contributed by atoms with Crippen LogP contribution < -0.4 is 4.72 Å². The largest absolute Gasteiger partial charge is 0.278 e. The molecule has 0 aliphatic rings. The SMILES string of the molecule is O=S(=O)(Nc1ccccc1Cl)c1cccc(Br)c1. The zero-order valence-corrected chi connectivity index (χ0v) is 12.3. The van der Waals surface area contributed by atoms with Gasteiger partial charge in [0.2, 0.25) is 0 Å². The maximum absolute atomic E-state index is 12.1. The third kappa shape index (κ3) is 3.04. The van der Waals surface area contributed by atoms with E-state index in [0.29, 0.717) is 15.2 Å². The highest BCUT2D eigenvalue weighted by atomic mass is 79.9. The van der Waals surface area contributed by atoms with Gasteiger partial charge < -0.3 is 0 Å². The molecule has 2 aromatic carbocycles. The Morgan fingerprint density at radius 3 is 2.44 bits per heavy atom. The van der Waals surface area contributed by atoms with Crippen molar-refractivity contribution in [2.24, 2.45) is 0 Å². The summed E-state index contributed by atoms with van der Waals surface area (Å²) < 4.78 is 27.4. The zero-order chi connectivity index (χ0) is 13.2. The van der Waals surface area contributed by atoms with E-state index < -0.39 is 10.0 Å². The van der Waals surface area contributed by atoms with E-state index >= 15 is 0 Å². The minimum absolute atomic E-state index is 0.178. The van der Waals surface area contributed by atoms with Gasteiger partial charge in [0.1, 0.15) is 0 Å². The molecular formula is C12H9BrClNO2S. The van der Waals surface area contributed by atoms with Crippen LogP contribution in [0.5, 0.6) is 0 Å². The van der Waals surface area contributed by atoms with Crippen molar-refractivity contribution in [3.05, 3.63) is 58.0 Å². The number of anilines is 1. The molecule has 0 atom stereocenters. The Kier molecular flexibility index (Phi) is 3.94. The third-order valence-corrected chi connectivity index (χ3v) is 4.41. The second kappa shape index (κ2) is 5.30. The van der Waals surface area contributed by atoms with Gasteiger partial charge in [-0.3, -0.25) is 4.72 Å². The molecule has 6 heteroatoms. The standard InChI is InChI=1S/C12H9BrClNO2S/c13-9-4-3-5-10(8-9)18(16,17)15-12-7-2-1-6-11(12)14/h1-8,15H. The molecule has 0 aliphatic carbocycles. The van der Waals surface area contributed by atoms with Gasteiger partial charge in [0.25, 0.3) is 10.0 Å². The lowest BCUT2D eigenvalue weighted by atomic mass is 10.3. The van der Waals surface area contributed by atoms with E-state index in [9.17, 15) is 8.42 Å². The fourth-order valence-electron chi connectivity index (χ4n) is 1.38. The fourth-order valence-corrected chi connectivity index (χ4v) is 3.30. The number of sulfonamides is 1. The van der Waals surface area contributed by atoms with E-state index in [1.54, 1.807) is 36.4 Å². The molecule has 0 heterocycles. The molecule has 0 amide bonds. The van der Waals surface area contributed by atoms with Crippen molar-refractivity contribution in [2.45, 2.75) is 4.90 Å². The zero-order valence-electron chi connectivity index (χ0n) is 9.10. The maximum Gasteiger partial charge on any atom is 0.261 e. The second-order valence-electron chi connectivity index (χ2n) is 3.54. The lowest BCUT2D eigenvalue weighted by Crippen LogP contribution is -2.13. The summed E-state index contributed by atoms with van der Waals surface area (Å²) in [7, 11) is -3.62. The summed E-state index contributed by atoms with van der Waals surface area (Å²) in [5, 5.41) is 0.357. The number of hydrogen-bond donors (Lipinski definition) is 1. The summed E-state index contributed by atoms with van der Waals surface area (Å²) in [6.07, 6.45) is 0. The average Bonchev–Trinajstić information content (AvgIpc) is 2.32. The molecule has 0 saturated heterocycles. The van der Waals surface area contributed by atoms with E-state index in [-0.39, 0.29) is 4.90 Å². The molecule has 3 nitrogen and oxygen atoms in total. The predicted octanol–water partition coefficient (Wildman–Crippen LogP) is 3.90. The lowest BCUT2D eigenvalue weighted by molar-refractivity contribution is 0.601. The van der Waals surface area contributed by atoms with Gasteiger partial charge in [0, 0.05) is 4.47 Å². The first-order chi connectivity index (χ1) is 8.49. The summed E-state index contributed by atoms with van der Waals surface area (Å²) in [6.45, 7) is 0. The predicted molar refractivity (Wildman–Crippen MR) is 76.4 cm³/mol. The molecule has 0 fully saturated rings. The Morgan fingerprint density at radius 1 is 1.06 bits per heavy atom. The summed E-state index contributed by atoms with van der Waals surface area (Å²) >= 11 is 9.15. The molecule has 0 bridgehead atoms. The van der Waals surface area contributed by atoms with Gasteiger partial charge in [-0.1, -0.05) is 45.7 Å². The Labute approximate surface area is 119 Å². The summed E-state index contributed by atoms with van der Waals surface area (Å²) in [4.78, 5) is 0.178. The first-order valence-electron chi connectivity index (χ1n) is 5.02. The molecular weight excluding hydrogens is 338 g/mol. The van der Waals surface area contributed by atoms with Crippen molar-refractivity contribution < 1.29 is 8.42 Å². The van der Waals surface area contributed by atoms with Crippen molar-refractivity contribution in [3.63, 3.8) is 0 Å². The average molecular weight is 347 g/mol. The highest BCUT2D eigenvalue weighted by molar-refractivity contribution is 9.10. The van der Waals surface area contributed by atoms with Crippen LogP contribution in [0.4, 0.5) is 5.69 Å². The van der Waals surface area contributed by atoms with E-state index in [0.717, 1.165) is 0 Å². The smallest absolute Gasteiger partial charge is 0.261 e. The Hall–Kier alpha value is -1.04. The third-order valence-electron chi connectivity index (χ3n) is 2.22. The fraction of sp³-hybridized carbons (Fsp3) is 0. The van der Waals surface area contributed by atoms with Crippen LogP contribution in [-0.4, -0.2) is 8.42 Å². The van der Waals surface area contributed by atoms with Crippen LogP contribution >= 0.6 is 27.5 Å². The van der Waals surface area contributed by atoms with Crippen molar-refractivity contribution in [3.8, 4) is 0 Å². The van der Waals surface area contributed by atoms with Gasteiger partial charge >= 0.3 is 0 Å². The summed E-state index contributed by atoms with van der Waals surface area (Å²) in [5.41, 5.74) is 0.360. The van der Waals surface area contributed by atoms with Gasteiger partial charge in [-0.05, 0) is 30.3 Å². The molecule has 2 aromatic rings. The van der Waals surface area contributed by atoms with Crippen molar-refractivity contribution in [1.29, 1.82) is 0 Å². The lowest BCUT2D eigenvalue weighted by Gasteiger charge is -2.09. The van der Waals surface area contributed by atoms with Gasteiger partial charge in [-0.25, -0.2) is 8.42 Å². The van der Waals surface area contributed by atoms with Gasteiger partial charge in [-0.2, -0.15) is 0 Å². The molecule has 1 N–H and O–H groups in total. The summed E-state index contributed by atoms with van der Waals surface area (Å²) in [6, 6.07) is 13.1. The molecule has 2 rings (SSSR count). The topological polar surface area (TPSA) is 46.2 Å². The highest BCUT2D eigenvalue weighted by Crippen LogP contribution is 2.24. The minimum Gasteiger partial charge on any atom is -0.278 e. The molecule has 0 spiro atoms. The van der Waals surface area contributed by atoms with Crippen molar-refractivity contribution in [1.82, 2.24) is 0 Å². The second-order valence-corrected chi connectivity index (χ2v) is 6.55.